The molecule has 0 bridgehead atoms. The maximum Gasteiger partial charge on any atom is 0.141 e. The van der Waals surface area contributed by atoms with Crippen LogP contribution in [0.4, 0.5) is 4.39 Å². The molecule has 13 heavy (non-hydrogen) atoms. The van der Waals surface area contributed by atoms with Crippen LogP contribution in [-0.2, 0) is 6.54 Å². The van der Waals surface area contributed by atoms with Crippen LogP contribution in [0.25, 0.3) is 0 Å². The number of fused-ring (bicyclic) bond motifs is 1. The molecule has 0 unspecified atom stereocenters. The number of rotatable bonds is 0. The molecule has 0 fully saturated rings. The highest BCUT2D eigenvalue weighted by atomic mass is 127. The normalized spacial score (nSPS) is 13.5. The van der Waals surface area contributed by atoms with E-state index in [4.69, 9.17) is 5.26 Å². The first-order valence-corrected chi connectivity index (χ1v) is 4.73. The van der Waals surface area contributed by atoms with E-state index in [1.54, 1.807) is 6.07 Å². The van der Waals surface area contributed by atoms with Crippen molar-refractivity contribution in [1.29, 1.82) is 5.26 Å². The Morgan fingerprint density at radius 2 is 2.31 bits per heavy atom. The fourth-order valence-corrected chi connectivity index (χ4v) is 1.94. The molecule has 1 aromatic carbocycles. The van der Waals surface area contributed by atoms with Gasteiger partial charge >= 0.3 is 0 Å². The summed E-state index contributed by atoms with van der Waals surface area (Å²) in [5.41, 5.74) is 1.84. The molecule has 1 aliphatic rings. The number of hydrogen-bond acceptors (Lipinski definition) is 2. The third kappa shape index (κ3) is 1.33. The second kappa shape index (κ2) is 3.07. The molecule has 1 aromatic rings. The van der Waals surface area contributed by atoms with Gasteiger partial charge in [-0.15, -0.1) is 0 Å². The molecule has 0 saturated heterocycles. The van der Waals surface area contributed by atoms with E-state index in [0.717, 1.165) is 14.8 Å². The number of benzene rings is 1. The Bertz CT molecular complexity index is 446. The summed E-state index contributed by atoms with van der Waals surface area (Å²) < 4.78 is 13.9. The Morgan fingerprint density at radius 1 is 1.54 bits per heavy atom. The maximum atomic E-state index is 13.1. The highest BCUT2D eigenvalue weighted by Gasteiger charge is 2.16. The number of nitrogens with zero attached hydrogens (tertiary/aromatic N) is 2. The van der Waals surface area contributed by atoms with Gasteiger partial charge in [-0.2, -0.15) is 5.26 Å². The van der Waals surface area contributed by atoms with Gasteiger partial charge in [0.1, 0.15) is 15.6 Å². The van der Waals surface area contributed by atoms with Crippen LogP contribution in [0.1, 0.15) is 16.7 Å². The third-order valence-corrected chi connectivity index (χ3v) is 2.85. The Kier molecular flexibility index (Phi) is 2.04. The van der Waals surface area contributed by atoms with Crippen LogP contribution in [0.15, 0.2) is 17.1 Å². The first-order chi connectivity index (χ1) is 6.22. The summed E-state index contributed by atoms with van der Waals surface area (Å²) in [7, 11) is 0. The summed E-state index contributed by atoms with van der Waals surface area (Å²) in [6, 6.07) is 4.76. The largest absolute Gasteiger partial charge is 0.273 e. The van der Waals surface area contributed by atoms with E-state index in [0.29, 0.717) is 6.54 Å². The molecule has 2 nitrogen and oxygen atoms in total. The van der Waals surface area contributed by atoms with E-state index in [1.165, 1.54) is 6.07 Å². The topological polar surface area (TPSA) is 36.1 Å². The van der Waals surface area contributed by atoms with E-state index in [9.17, 15) is 4.39 Å². The fourth-order valence-electron chi connectivity index (χ4n) is 1.26. The lowest BCUT2D eigenvalue weighted by Gasteiger charge is -1.99. The second-order valence-corrected chi connectivity index (χ2v) is 3.73. The SMILES string of the molecule is N#Cc1cc2c(cc1F)CN=C2I. The number of nitriles is 1. The van der Waals surface area contributed by atoms with Crippen LogP contribution < -0.4 is 0 Å². The standard InChI is InChI=1S/C9H4FIN2/c10-8-2-6-4-13-9(11)7(6)1-5(8)3-12/h1-2H,4H2. The summed E-state index contributed by atoms with van der Waals surface area (Å²) >= 11 is 2.09. The zero-order chi connectivity index (χ0) is 9.42. The van der Waals surface area contributed by atoms with Gasteiger partial charge in [-0.25, -0.2) is 4.39 Å². The van der Waals surface area contributed by atoms with E-state index < -0.39 is 5.82 Å². The smallest absolute Gasteiger partial charge is 0.141 e. The lowest BCUT2D eigenvalue weighted by atomic mass is 10.1. The molecule has 0 aliphatic carbocycles. The Balaban J connectivity index is 2.65. The molecule has 0 amide bonds. The molecule has 0 saturated carbocycles. The van der Waals surface area contributed by atoms with Gasteiger partial charge in [0.25, 0.3) is 0 Å². The van der Waals surface area contributed by atoms with Crippen molar-refractivity contribution in [3.8, 4) is 6.07 Å². The van der Waals surface area contributed by atoms with Gasteiger partial charge < -0.3 is 0 Å². The Labute approximate surface area is 88.2 Å². The van der Waals surface area contributed by atoms with Crippen LogP contribution in [0.2, 0.25) is 0 Å². The predicted octanol–water partition coefficient (Wildman–Crippen LogP) is 2.39. The van der Waals surface area contributed by atoms with E-state index >= 15 is 0 Å². The lowest BCUT2D eigenvalue weighted by molar-refractivity contribution is 0.622. The van der Waals surface area contributed by atoms with Crippen molar-refractivity contribution in [3.63, 3.8) is 0 Å². The third-order valence-electron chi connectivity index (χ3n) is 1.92. The van der Waals surface area contributed by atoms with E-state index in [2.05, 4.69) is 27.6 Å². The summed E-state index contributed by atoms with van der Waals surface area (Å²) in [4.78, 5) is 4.15. The van der Waals surface area contributed by atoms with Crippen molar-refractivity contribution in [2.24, 2.45) is 4.99 Å². The maximum absolute atomic E-state index is 13.1. The lowest BCUT2D eigenvalue weighted by Crippen LogP contribution is -1.93. The number of halogens is 2. The molecular formula is C9H4FIN2. The molecule has 2 rings (SSSR count). The number of hydrogen-bond donors (Lipinski definition) is 0. The molecule has 0 atom stereocenters. The molecule has 64 valence electrons. The highest BCUT2D eigenvalue weighted by Crippen LogP contribution is 2.24. The van der Waals surface area contributed by atoms with Crippen molar-refractivity contribution < 1.29 is 4.39 Å². The minimum atomic E-state index is -0.456. The van der Waals surface area contributed by atoms with Gasteiger partial charge in [0.15, 0.2) is 0 Å². The quantitative estimate of drug-likeness (QED) is 0.674. The highest BCUT2D eigenvalue weighted by molar-refractivity contribution is 14.1. The van der Waals surface area contributed by atoms with Crippen molar-refractivity contribution in [2.45, 2.75) is 6.54 Å². The Hall–Kier alpha value is -0.960. The average Bonchev–Trinajstić information content (AvgIpc) is 2.46. The molecule has 1 heterocycles. The van der Waals surface area contributed by atoms with Gasteiger partial charge in [-0.3, -0.25) is 4.99 Å². The van der Waals surface area contributed by atoms with Crippen molar-refractivity contribution in [1.82, 2.24) is 0 Å². The zero-order valence-corrected chi connectivity index (χ0v) is 8.67. The first kappa shape index (κ1) is 8.63. The van der Waals surface area contributed by atoms with Crippen LogP contribution in [0, 0.1) is 17.1 Å². The molecule has 0 spiro atoms. The molecule has 0 N–H and O–H groups in total. The molecule has 1 aliphatic heterocycles. The molecule has 4 heteroatoms. The summed E-state index contributed by atoms with van der Waals surface area (Å²) in [6.07, 6.45) is 0. The molecule has 0 aromatic heterocycles. The van der Waals surface area contributed by atoms with Gasteiger partial charge in [-0.1, -0.05) is 0 Å². The van der Waals surface area contributed by atoms with Gasteiger partial charge in [-0.05, 0) is 40.3 Å². The minimum Gasteiger partial charge on any atom is -0.273 e. The summed E-state index contributed by atoms with van der Waals surface area (Å²) in [5.74, 6) is -0.456. The molecular weight excluding hydrogens is 282 g/mol. The summed E-state index contributed by atoms with van der Waals surface area (Å²) in [6.45, 7) is 0.524. The van der Waals surface area contributed by atoms with Gasteiger partial charge in [0, 0.05) is 5.56 Å². The summed E-state index contributed by atoms with van der Waals surface area (Å²) in [5, 5.41) is 8.60. The van der Waals surface area contributed by atoms with Crippen LogP contribution in [0.5, 0.6) is 0 Å². The first-order valence-electron chi connectivity index (χ1n) is 3.65. The average molecular weight is 286 g/mol. The fraction of sp³-hybridized carbons (Fsp3) is 0.111. The van der Waals surface area contributed by atoms with Crippen LogP contribution >= 0.6 is 22.6 Å². The van der Waals surface area contributed by atoms with Crippen molar-refractivity contribution in [2.75, 3.05) is 0 Å². The van der Waals surface area contributed by atoms with E-state index in [-0.39, 0.29) is 5.56 Å². The monoisotopic (exact) mass is 286 g/mol. The van der Waals surface area contributed by atoms with Gasteiger partial charge in [0.2, 0.25) is 0 Å². The predicted molar refractivity (Wildman–Crippen MR) is 55.4 cm³/mol. The van der Waals surface area contributed by atoms with Crippen LogP contribution in [0.3, 0.4) is 0 Å². The van der Waals surface area contributed by atoms with E-state index in [1.807, 2.05) is 6.07 Å². The van der Waals surface area contributed by atoms with Crippen LogP contribution in [-0.4, -0.2) is 3.72 Å². The zero-order valence-electron chi connectivity index (χ0n) is 6.51. The van der Waals surface area contributed by atoms with Crippen molar-refractivity contribution in [3.05, 3.63) is 34.6 Å². The Morgan fingerprint density at radius 3 is 3.00 bits per heavy atom. The van der Waals surface area contributed by atoms with Gasteiger partial charge in [0.05, 0.1) is 12.1 Å². The minimum absolute atomic E-state index is 0.0880. The molecule has 0 radical (unpaired) electrons. The second-order valence-electron chi connectivity index (χ2n) is 2.71. The number of aliphatic imine (C=N–C) groups is 1. The van der Waals surface area contributed by atoms with Crippen molar-refractivity contribution >= 4 is 26.3 Å².